The maximum Gasteiger partial charge on any atom is 0.255 e. The van der Waals surface area contributed by atoms with Crippen LogP contribution in [-0.4, -0.2) is 47.1 Å². The molecule has 3 aromatic carbocycles. The van der Waals surface area contributed by atoms with Gasteiger partial charge in [0.2, 0.25) is 5.91 Å². The first-order valence-electron chi connectivity index (χ1n) is 12.3. The molecule has 2 heterocycles. The summed E-state index contributed by atoms with van der Waals surface area (Å²) in [5.74, 6) is -0.0744. The van der Waals surface area contributed by atoms with E-state index in [0.717, 1.165) is 22.2 Å². The van der Waals surface area contributed by atoms with Gasteiger partial charge in [0.1, 0.15) is 0 Å². The SMILES string of the molecule is CC(C)(N)C(=O)N1CCN(c2cc(-c3ccccc3Cl)c3ccc(=O)n(-c4c(Cl)cccc4Cl)c3c2)CC1. The molecule has 2 N–H and O–H groups in total. The van der Waals surface area contributed by atoms with E-state index in [1.807, 2.05) is 30.3 Å². The fourth-order valence-electron chi connectivity index (χ4n) is 4.92. The number of aromatic nitrogens is 1. The summed E-state index contributed by atoms with van der Waals surface area (Å²) in [6.45, 7) is 5.74. The van der Waals surface area contributed by atoms with Crippen molar-refractivity contribution in [2.45, 2.75) is 19.4 Å². The number of nitrogens with zero attached hydrogens (tertiary/aromatic N) is 3. The van der Waals surface area contributed by atoms with Crippen molar-refractivity contribution in [1.82, 2.24) is 9.47 Å². The molecule has 0 spiro atoms. The van der Waals surface area contributed by atoms with E-state index in [4.69, 9.17) is 40.5 Å². The molecule has 9 heteroatoms. The fraction of sp³-hybridized carbons (Fsp3) is 0.241. The number of benzene rings is 3. The van der Waals surface area contributed by atoms with Crippen LogP contribution in [0, 0.1) is 0 Å². The Kier molecular flexibility index (Phi) is 7.18. The van der Waals surface area contributed by atoms with Crippen LogP contribution < -0.4 is 16.2 Å². The van der Waals surface area contributed by atoms with Crippen LogP contribution in [0.4, 0.5) is 5.69 Å². The van der Waals surface area contributed by atoms with Gasteiger partial charge in [-0.3, -0.25) is 14.2 Å². The number of rotatable bonds is 4. The first-order chi connectivity index (χ1) is 18.1. The number of anilines is 1. The second kappa shape index (κ2) is 10.3. The molecule has 0 radical (unpaired) electrons. The fourth-order valence-corrected chi connectivity index (χ4v) is 5.73. The van der Waals surface area contributed by atoms with E-state index in [-0.39, 0.29) is 11.5 Å². The topological polar surface area (TPSA) is 71.6 Å². The zero-order valence-electron chi connectivity index (χ0n) is 21.0. The zero-order valence-corrected chi connectivity index (χ0v) is 23.3. The summed E-state index contributed by atoms with van der Waals surface area (Å²) < 4.78 is 1.56. The van der Waals surface area contributed by atoms with Gasteiger partial charge in [-0.15, -0.1) is 0 Å². The van der Waals surface area contributed by atoms with E-state index in [1.54, 1.807) is 47.6 Å². The van der Waals surface area contributed by atoms with Crippen LogP contribution >= 0.6 is 34.8 Å². The molecule has 4 aromatic rings. The van der Waals surface area contributed by atoms with Gasteiger partial charge >= 0.3 is 0 Å². The second-order valence-electron chi connectivity index (χ2n) is 9.98. The average molecular weight is 570 g/mol. The number of pyridine rings is 1. The number of nitrogens with two attached hydrogens (primary N) is 1. The number of amides is 1. The normalized spacial score (nSPS) is 14.3. The Bertz CT molecular complexity index is 1580. The predicted molar refractivity (Wildman–Crippen MR) is 157 cm³/mol. The largest absolute Gasteiger partial charge is 0.368 e. The predicted octanol–water partition coefficient (Wildman–Crippen LogP) is 6.00. The van der Waals surface area contributed by atoms with E-state index in [9.17, 15) is 9.59 Å². The lowest BCUT2D eigenvalue weighted by molar-refractivity contribution is -0.136. The van der Waals surface area contributed by atoms with Gasteiger partial charge in [0.15, 0.2) is 0 Å². The summed E-state index contributed by atoms with van der Waals surface area (Å²) in [6, 6.07) is 20.2. The molecule has 1 fully saturated rings. The van der Waals surface area contributed by atoms with Gasteiger partial charge in [-0.1, -0.05) is 59.1 Å². The van der Waals surface area contributed by atoms with E-state index >= 15 is 0 Å². The third-order valence-corrected chi connectivity index (χ3v) is 7.74. The molecule has 1 aromatic heterocycles. The Morgan fingerprint density at radius 1 is 0.816 bits per heavy atom. The van der Waals surface area contributed by atoms with Crippen molar-refractivity contribution in [3.8, 4) is 16.8 Å². The second-order valence-corrected chi connectivity index (χ2v) is 11.2. The number of carbonyl (C=O) groups is 1. The highest BCUT2D eigenvalue weighted by Crippen LogP contribution is 2.39. The molecule has 196 valence electrons. The van der Waals surface area contributed by atoms with Crippen LogP contribution in [0.5, 0.6) is 0 Å². The number of hydrogen-bond donors (Lipinski definition) is 1. The summed E-state index contributed by atoms with van der Waals surface area (Å²) in [5.41, 5.74) is 8.57. The van der Waals surface area contributed by atoms with Crippen molar-refractivity contribution in [1.29, 1.82) is 0 Å². The number of piperazine rings is 1. The molecule has 6 nitrogen and oxygen atoms in total. The van der Waals surface area contributed by atoms with E-state index in [1.165, 1.54) is 6.07 Å². The Balaban J connectivity index is 1.70. The lowest BCUT2D eigenvalue weighted by Crippen LogP contribution is -2.57. The van der Waals surface area contributed by atoms with Gasteiger partial charge in [-0.2, -0.15) is 0 Å². The van der Waals surface area contributed by atoms with Crippen molar-refractivity contribution < 1.29 is 4.79 Å². The lowest BCUT2D eigenvalue weighted by atomic mass is 9.98. The van der Waals surface area contributed by atoms with E-state index < -0.39 is 5.54 Å². The van der Waals surface area contributed by atoms with E-state index in [0.29, 0.717) is 52.5 Å². The number of halogens is 3. The average Bonchev–Trinajstić information content (AvgIpc) is 2.88. The summed E-state index contributed by atoms with van der Waals surface area (Å²) >= 11 is 19.8. The van der Waals surface area contributed by atoms with Crippen molar-refractivity contribution in [3.05, 3.63) is 92.2 Å². The van der Waals surface area contributed by atoms with Crippen LogP contribution in [0.2, 0.25) is 15.1 Å². The summed E-state index contributed by atoms with van der Waals surface area (Å²) in [6.07, 6.45) is 0. The highest BCUT2D eigenvalue weighted by molar-refractivity contribution is 6.38. The summed E-state index contributed by atoms with van der Waals surface area (Å²) in [7, 11) is 0. The van der Waals surface area contributed by atoms with Crippen LogP contribution in [0.1, 0.15) is 13.8 Å². The van der Waals surface area contributed by atoms with Gasteiger partial charge in [-0.05, 0) is 55.8 Å². The van der Waals surface area contributed by atoms with Crippen molar-refractivity contribution in [3.63, 3.8) is 0 Å². The van der Waals surface area contributed by atoms with Gasteiger partial charge in [0.25, 0.3) is 5.56 Å². The first-order valence-corrected chi connectivity index (χ1v) is 13.4. The number of fused-ring (bicyclic) bond motifs is 1. The quantitative estimate of drug-likeness (QED) is 0.327. The third kappa shape index (κ3) is 4.90. The molecule has 1 aliphatic heterocycles. The molecule has 0 unspecified atom stereocenters. The van der Waals surface area contributed by atoms with Crippen LogP contribution in [-0.2, 0) is 4.79 Å². The zero-order chi connectivity index (χ0) is 27.2. The lowest BCUT2D eigenvalue weighted by Gasteiger charge is -2.38. The highest BCUT2D eigenvalue weighted by Gasteiger charge is 2.30. The number of hydrogen-bond acceptors (Lipinski definition) is 4. The van der Waals surface area contributed by atoms with Crippen LogP contribution in [0.15, 0.2) is 71.5 Å². The molecule has 0 atom stereocenters. The maximum absolute atomic E-state index is 13.3. The number of carbonyl (C=O) groups excluding carboxylic acids is 1. The van der Waals surface area contributed by atoms with Crippen molar-refractivity contribution >= 4 is 57.3 Å². The Hall–Kier alpha value is -3.03. The maximum atomic E-state index is 13.3. The summed E-state index contributed by atoms with van der Waals surface area (Å²) in [5, 5.41) is 2.16. The van der Waals surface area contributed by atoms with Crippen LogP contribution in [0.3, 0.4) is 0 Å². The minimum absolute atomic E-state index is 0.0744. The molecule has 0 saturated carbocycles. The molecule has 0 bridgehead atoms. The minimum atomic E-state index is -0.924. The molecule has 1 saturated heterocycles. The smallest absolute Gasteiger partial charge is 0.255 e. The monoisotopic (exact) mass is 568 g/mol. The Morgan fingerprint density at radius 2 is 1.45 bits per heavy atom. The Labute approximate surface area is 236 Å². The van der Waals surface area contributed by atoms with E-state index in [2.05, 4.69) is 11.0 Å². The van der Waals surface area contributed by atoms with Crippen molar-refractivity contribution in [2.24, 2.45) is 5.73 Å². The van der Waals surface area contributed by atoms with Gasteiger partial charge in [-0.25, -0.2) is 0 Å². The molecular formula is C29H27Cl3N4O2. The van der Waals surface area contributed by atoms with Crippen molar-refractivity contribution in [2.75, 3.05) is 31.1 Å². The molecule has 1 aliphatic rings. The molecule has 38 heavy (non-hydrogen) atoms. The summed E-state index contributed by atoms with van der Waals surface area (Å²) in [4.78, 5) is 30.0. The van der Waals surface area contributed by atoms with Gasteiger partial charge in [0, 0.05) is 53.9 Å². The standard InChI is InChI=1S/C29H27Cl3N4O2/c1-29(2,33)28(38)35-14-12-34(13-15-35)18-16-21(19-6-3-4-7-22(19)30)20-10-11-26(37)36(25(20)17-18)27-23(31)8-5-9-24(27)32/h3-11,16-17H,12-15,33H2,1-2H3. The van der Waals surface area contributed by atoms with Gasteiger partial charge < -0.3 is 15.5 Å². The number of para-hydroxylation sites is 1. The molecule has 0 aliphatic carbocycles. The van der Waals surface area contributed by atoms with Gasteiger partial charge in [0.05, 0.1) is 26.8 Å². The molecule has 1 amide bonds. The molecule has 5 rings (SSSR count). The highest BCUT2D eigenvalue weighted by atomic mass is 35.5. The molecular weight excluding hydrogens is 543 g/mol. The van der Waals surface area contributed by atoms with Crippen LogP contribution in [0.25, 0.3) is 27.7 Å². The minimum Gasteiger partial charge on any atom is -0.368 e. The third-order valence-electron chi connectivity index (χ3n) is 6.81. The Morgan fingerprint density at radius 3 is 2.08 bits per heavy atom. The first kappa shape index (κ1) is 26.6.